The van der Waals surface area contributed by atoms with Gasteiger partial charge in [0.25, 0.3) is 0 Å². The molecule has 3 heterocycles. The molecule has 3 heteroatoms. The summed E-state index contributed by atoms with van der Waals surface area (Å²) in [6.45, 7) is 2.13. The number of nitrogens with zero attached hydrogens (tertiary/aromatic N) is 1. The maximum absolute atomic E-state index is 5.83. The summed E-state index contributed by atoms with van der Waals surface area (Å²) >= 11 is 0. The number of fused-ring (bicyclic) bond motifs is 1. The maximum Gasteiger partial charge on any atom is 0.135 e. The van der Waals surface area contributed by atoms with Crippen LogP contribution in [-0.4, -0.2) is 4.98 Å². The van der Waals surface area contributed by atoms with E-state index in [4.69, 9.17) is 8.83 Å². The van der Waals surface area contributed by atoms with Gasteiger partial charge in [-0.25, -0.2) is 0 Å². The SMILES string of the molecule is Cc1c(/C=C\c2ccccn2)c(-c2ccco2)c2ccccc2c1-c1ccco1. The van der Waals surface area contributed by atoms with Crippen LogP contribution in [0.5, 0.6) is 0 Å². The minimum Gasteiger partial charge on any atom is -0.464 e. The molecule has 0 N–H and O–H groups in total. The summed E-state index contributed by atoms with van der Waals surface area (Å²) in [5, 5.41) is 2.27. The van der Waals surface area contributed by atoms with Gasteiger partial charge in [0.2, 0.25) is 0 Å². The Morgan fingerprint density at radius 1 is 0.690 bits per heavy atom. The van der Waals surface area contributed by atoms with Crippen LogP contribution in [0.4, 0.5) is 0 Å². The first-order chi connectivity index (χ1) is 14.3. The van der Waals surface area contributed by atoms with E-state index in [1.54, 1.807) is 18.7 Å². The van der Waals surface area contributed by atoms with Crippen molar-refractivity contribution >= 4 is 22.9 Å². The van der Waals surface area contributed by atoms with Crippen molar-refractivity contribution in [2.75, 3.05) is 0 Å². The molecule has 0 aliphatic heterocycles. The van der Waals surface area contributed by atoms with Crippen molar-refractivity contribution in [2.45, 2.75) is 6.92 Å². The highest BCUT2D eigenvalue weighted by molar-refractivity contribution is 6.09. The van der Waals surface area contributed by atoms with Crippen LogP contribution in [0.1, 0.15) is 16.8 Å². The third kappa shape index (κ3) is 3.07. The highest BCUT2D eigenvalue weighted by Gasteiger charge is 2.20. The van der Waals surface area contributed by atoms with Gasteiger partial charge < -0.3 is 8.83 Å². The van der Waals surface area contributed by atoms with Gasteiger partial charge in [-0.3, -0.25) is 4.98 Å². The second kappa shape index (κ2) is 7.28. The molecule has 0 aliphatic rings. The smallest absolute Gasteiger partial charge is 0.135 e. The van der Waals surface area contributed by atoms with Gasteiger partial charge in [-0.1, -0.05) is 36.4 Å². The minimum absolute atomic E-state index is 0.843. The fraction of sp³-hybridized carbons (Fsp3) is 0.0385. The lowest BCUT2D eigenvalue weighted by Gasteiger charge is -2.17. The predicted molar refractivity (Wildman–Crippen MR) is 117 cm³/mol. The first kappa shape index (κ1) is 17.3. The Morgan fingerprint density at radius 3 is 1.97 bits per heavy atom. The molecule has 0 bridgehead atoms. The molecular weight excluding hydrogens is 358 g/mol. The fourth-order valence-electron chi connectivity index (χ4n) is 3.86. The van der Waals surface area contributed by atoms with Crippen LogP contribution < -0.4 is 0 Å². The zero-order chi connectivity index (χ0) is 19.6. The van der Waals surface area contributed by atoms with E-state index in [2.05, 4.69) is 42.2 Å². The van der Waals surface area contributed by atoms with Crippen molar-refractivity contribution in [2.24, 2.45) is 0 Å². The number of benzene rings is 2. The van der Waals surface area contributed by atoms with Crippen molar-refractivity contribution in [3.05, 3.63) is 102 Å². The van der Waals surface area contributed by atoms with Gasteiger partial charge in [0.15, 0.2) is 0 Å². The summed E-state index contributed by atoms with van der Waals surface area (Å²) < 4.78 is 11.6. The largest absolute Gasteiger partial charge is 0.464 e. The topological polar surface area (TPSA) is 39.2 Å². The lowest BCUT2D eigenvalue weighted by molar-refractivity contribution is 0.581. The minimum atomic E-state index is 0.843. The Bertz CT molecular complexity index is 1280. The van der Waals surface area contributed by atoms with Crippen LogP contribution in [0.15, 0.2) is 94.3 Å². The molecule has 0 unspecified atom stereocenters. The molecule has 0 atom stereocenters. The average Bonchev–Trinajstić information content (AvgIpc) is 3.47. The van der Waals surface area contributed by atoms with Crippen molar-refractivity contribution in [1.82, 2.24) is 4.98 Å². The van der Waals surface area contributed by atoms with Crippen molar-refractivity contribution < 1.29 is 8.83 Å². The number of aromatic nitrogens is 1. The molecule has 0 spiro atoms. The molecule has 3 aromatic heterocycles. The van der Waals surface area contributed by atoms with Gasteiger partial charge in [0.1, 0.15) is 11.5 Å². The predicted octanol–water partition coefficient (Wildman–Crippen LogP) is 7.23. The highest BCUT2D eigenvalue weighted by Crippen LogP contribution is 2.42. The maximum atomic E-state index is 5.83. The molecule has 0 saturated heterocycles. The molecule has 0 amide bonds. The molecule has 140 valence electrons. The molecule has 5 aromatic rings. The molecule has 0 fully saturated rings. The summed E-state index contributed by atoms with van der Waals surface area (Å²) in [7, 11) is 0. The highest BCUT2D eigenvalue weighted by atomic mass is 16.3. The Kier molecular flexibility index (Phi) is 4.34. The number of furan rings is 2. The zero-order valence-corrected chi connectivity index (χ0v) is 16.0. The summed E-state index contributed by atoms with van der Waals surface area (Å²) in [6.07, 6.45) is 9.39. The fourth-order valence-corrected chi connectivity index (χ4v) is 3.86. The van der Waals surface area contributed by atoms with Gasteiger partial charge in [0, 0.05) is 17.3 Å². The van der Waals surface area contributed by atoms with E-state index in [1.807, 2.05) is 48.5 Å². The second-order valence-electron chi connectivity index (χ2n) is 6.88. The van der Waals surface area contributed by atoms with Crippen molar-refractivity contribution in [3.8, 4) is 22.6 Å². The van der Waals surface area contributed by atoms with E-state index in [0.29, 0.717) is 0 Å². The summed E-state index contributed by atoms with van der Waals surface area (Å²) in [6, 6.07) is 22.2. The Hall–Kier alpha value is -3.85. The lowest BCUT2D eigenvalue weighted by Crippen LogP contribution is -1.95. The molecule has 0 aliphatic carbocycles. The zero-order valence-electron chi connectivity index (χ0n) is 16.0. The molecular formula is C26H19NO2. The number of pyridine rings is 1. The van der Waals surface area contributed by atoms with Gasteiger partial charge in [-0.05, 0) is 71.3 Å². The van der Waals surface area contributed by atoms with E-state index in [1.165, 1.54) is 0 Å². The lowest BCUT2D eigenvalue weighted by atomic mass is 9.87. The van der Waals surface area contributed by atoms with Crippen LogP contribution in [0, 0.1) is 6.92 Å². The van der Waals surface area contributed by atoms with Crippen molar-refractivity contribution in [1.29, 1.82) is 0 Å². The normalized spacial score (nSPS) is 11.5. The van der Waals surface area contributed by atoms with Gasteiger partial charge in [-0.15, -0.1) is 0 Å². The first-order valence-corrected chi connectivity index (χ1v) is 9.55. The summed E-state index contributed by atoms with van der Waals surface area (Å²) in [5.74, 6) is 1.70. The molecule has 0 radical (unpaired) electrons. The summed E-state index contributed by atoms with van der Waals surface area (Å²) in [5.41, 5.74) is 5.31. The second-order valence-corrected chi connectivity index (χ2v) is 6.88. The average molecular weight is 377 g/mol. The van der Waals surface area contributed by atoms with E-state index in [9.17, 15) is 0 Å². The molecule has 2 aromatic carbocycles. The van der Waals surface area contributed by atoms with Crippen LogP contribution in [-0.2, 0) is 0 Å². The third-order valence-corrected chi connectivity index (χ3v) is 5.16. The standard InChI is InChI=1S/C26H19NO2/c1-18-20(14-13-19-8-4-5-15-27-19)26(24-12-7-17-29-24)22-10-3-2-9-21(22)25(18)23-11-6-16-28-23/h2-17H,1H3/b14-13-. The Morgan fingerprint density at radius 2 is 1.34 bits per heavy atom. The van der Waals surface area contributed by atoms with Crippen LogP contribution in [0.2, 0.25) is 0 Å². The van der Waals surface area contributed by atoms with Gasteiger partial charge in [-0.2, -0.15) is 0 Å². The Labute approximate surface area is 168 Å². The monoisotopic (exact) mass is 377 g/mol. The first-order valence-electron chi connectivity index (χ1n) is 9.55. The number of rotatable bonds is 4. The summed E-state index contributed by atoms with van der Waals surface area (Å²) in [4.78, 5) is 4.42. The molecule has 29 heavy (non-hydrogen) atoms. The van der Waals surface area contributed by atoms with E-state index >= 15 is 0 Å². The van der Waals surface area contributed by atoms with Crippen molar-refractivity contribution in [3.63, 3.8) is 0 Å². The van der Waals surface area contributed by atoms with Crippen LogP contribution in [0.3, 0.4) is 0 Å². The van der Waals surface area contributed by atoms with Gasteiger partial charge >= 0.3 is 0 Å². The van der Waals surface area contributed by atoms with E-state index < -0.39 is 0 Å². The third-order valence-electron chi connectivity index (χ3n) is 5.16. The number of hydrogen-bond acceptors (Lipinski definition) is 3. The van der Waals surface area contributed by atoms with Crippen LogP contribution in [0.25, 0.3) is 45.6 Å². The van der Waals surface area contributed by atoms with Gasteiger partial charge in [0.05, 0.1) is 18.2 Å². The molecule has 5 rings (SSSR count). The number of hydrogen-bond donors (Lipinski definition) is 0. The van der Waals surface area contributed by atoms with Crippen LogP contribution >= 0.6 is 0 Å². The Balaban J connectivity index is 1.85. The molecule has 3 nitrogen and oxygen atoms in total. The molecule has 0 saturated carbocycles. The van der Waals surface area contributed by atoms with E-state index in [-0.39, 0.29) is 0 Å². The van der Waals surface area contributed by atoms with E-state index in [0.717, 1.165) is 50.2 Å². The quantitative estimate of drug-likeness (QED) is 0.331.